The van der Waals surface area contributed by atoms with Gasteiger partial charge in [0, 0.05) is 6.42 Å². The van der Waals surface area contributed by atoms with E-state index < -0.39 is 12.1 Å². The summed E-state index contributed by atoms with van der Waals surface area (Å²) in [6.07, 6.45) is -0.555. The Morgan fingerprint density at radius 1 is 1.09 bits per heavy atom. The summed E-state index contributed by atoms with van der Waals surface area (Å²) in [6.45, 7) is 8.25. The monoisotopic (exact) mass is 312 g/mol. The van der Waals surface area contributed by atoms with Crippen LogP contribution in [0.2, 0.25) is 0 Å². The highest BCUT2D eigenvalue weighted by atomic mass is 16.5. The van der Waals surface area contributed by atoms with Crippen LogP contribution < -0.4 is 4.74 Å². The first-order valence-corrected chi connectivity index (χ1v) is 7.82. The van der Waals surface area contributed by atoms with Gasteiger partial charge < -0.3 is 9.84 Å². The molecular weight excluding hydrogens is 288 g/mol. The largest absolute Gasteiger partial charge is 0.478 e. The van der Waals surface area contributed by atoms with Crippen LogP contribution in [0, 0.1) is 6.92 Å². The number of para-hydroxylation sites is 1. The van der Waals surface area contributed by atoms with Crippen molar-refractivity contribution in [1.82, 2.24) is 0 Å². The third kappa shape index (κ3) is 4.35. The topological polar surface area (TPSA) is 46.5 Å². The lowest BCUT2D eigenvalue weighted by Crippen LogP contribution is -2.30. The SMILES string of the molecule is Cc1ccccc1CC(Oc1ccccc1C(C)(C)C)C(=O)O. The molecule has 1 atom stereocenters. The maximum absolute atomic E-state index is 11.7. The number of carbonyl (C=O) groups is 1. The van der Waals surface area contributed by atoms with Crippen molar-refractivity contribution in [2.75, 3.05) is 0 Å². The van der Waals surface area contributed by atoms with Gasteiger partial charge in [-0.15, -0.1) is 0 Å². The predicted molar refractivity (Wildman–Crippen MR) is 92.1 cm³/mol. The molecule has 0 amide bonds. The fourth-order valence-electron chi connectivity index (χ4n) is 2.56. The van der Waals surface area contributed by atoms with E-state index in [1.54, 1.807) is 0 Å². The lowest BCUT2D eigenvalue weighted by atomic mass is 9.86. The number of rotatable bonds is 5. The minimum absolute atomic E-state index is 0.109. The third-order valence-electron chi connectivity index (χ3n) is 3.91. The fraction of sp³-hybridized carbons (Fsp3) is 0.350. The van der Waals surface area contributed by atoms with Gasteiger partial charge in [-0.05, 0) is 35.1 Å². The minimum Gasteiger partial charge on any atom is -0.478 e. The molecule has 0 bridgehead atoms. The van der Waals surface area contributed by atoms with E-state index in [1.807, 2.05) is 55.5 Å². The maximum atomic E-state index is 11.7. The van der Waals surface area contributed by atoms with Gasteiger partial charge in [0.25, 0.3) is 0 Å². The fourth-order valence-corrected chi connectivity index (χ4v) is 2.56. The molecule has 0 fully saturated rings. The zero-order valence-electron chi connectivity index (χ0n) is 14.2. The zero-order valence-corrected chi connectivity index (χ0v) is 14.2. The van der Waals surface area contributed by atoms with Crippen LogP contribution in [0.4, 0.5) is 0 Å². The first-order chi connectivity index (χ1) is 10.8. The number of carboxylic acids is 1. The molecular formula is C20H24O3. The van der Waals surface area contributed by atoms with E-state index in [-0.39, 0.29) is 5.41 Å². The Hall–Kier alpha value is -2.29. The van der Waals surface area contributed by atoms with E-state index in [0.717, 1.165) is 16.7 Å². The number of hydrogen-bond acceptors (Lipinski definition) is 2. The van der Waals surface area contributed by atoms with E-state index >= 15 is 0 Å². The maximum Gasteiger partial charge on any atom is 0.345 e. The van der Waals surface area contributed by atoms with Gasteiger partial charge in [0.05, 0.1) is 0 Å². The molecule has 3 nitrogen and oxygen atoms in total. The average Bonchev–Trinajstić information content (AvgIpc) is 2.48. The van der Waals surface area contributed by atoms with Crippen molar-refractivity contribution in [3.05, 3.63) is 65.2 Å². The van der Waals surface area contributed by atoms with Gasteiger partial charge in [0.15, 0.2) is 6.10 Å². The quantitative estimate of drug-likeness (QED) is 0.892. The number of aliphatic carboxylic acids is 1. The Kier molecular flexibility index (Phi) is 5.09. The summed E-state index contributed by atoms with van der Waals surface area (Å²) in [5.74, 6) is -0.307. The minimum atomic E-state index is -0.947. The number of aryl methyl sites for hydroxylation is 1. The van der Waals surface area contributed by atoms with Crippen LogP contribution in [-0.4, -0.2) is 17.2 Å². The number of hydrogen-bond donors (Lipinski definition) is 1. The molecule has 3 heteroatoms. The summed E-state index contributed by atoms with van der Waals surface area (Å²) in [6, 6.07) is 15.5. The van der Waals surface area contributed by atoms with Crippen molar-refractivity contribution in [3.63, 3.8) is 0 Å². The molecule has 0 aliphatic rings. The molecule has 23 heavy (non-hydrogen) atoms. The lowest BCUT2D eigenvalue weighted by Gasteiger charge is -2.25. The second kappa shape index (κ2) is 6.86. The van der Waals surface area contributed by atoms with Gasteiger partial charge in [0.1, 0.15) is 5.75 Å². The zero-order chi connectivity index (χ0) is 17.0. The van der Waals surface area contributed by atoms with Crippen LogP contribution >= 0.6 is 0 Å². The van der Waals surface area contributed by atoms with E-state index in [0.29, 0.717) is 12.2 Å². The molecule has 2 aromatic rings. The molecule has 0 radical (unpaired) electrons. The second-order valence-corrected chi connectivity index (χ2v) is 6.82. The van der Waals surface area contributed by atoms with Gasteiger partial charge in [-0.3, -0.25) is 0 Å². The molecule has 0 aromatic heterocycles. The van der Waals surface area contributed by atoms with Gasteiger partial charge in [-0.2, -0.15) is 0 Å². The van der Waals surface area contributed by atoms with Crippen LogP contribution in [0.1, 0.15) is 37.5 Å². The van der Waals surface area contributed by atoms with Crippen LogP contribution in [0.25, 0.3) is 0 Å². The Labute approximate surface area is 137 Å². The molecule has 122 valence electrons. The standard InChI is InChI=1S/C20H24O3/c1-14-9-5-6-10-15(14)13-18(19(21)22)23-17-12-8-7-11-16(17)20(2,3)4/h5-12,18H,13H2,1-4H3,(H,21,22). The summed E-state index contributed by atoms with van der Waals surface area (Å²) >= 11 is 0. The molecule has 0 aliphatic heterocycles. The smallest absolute Gasteiger partial charge is 0.345 e. The molecule has 2 aromatic carbocycles. The van der Waals surface area contributed by atoms with Crippen LogP contribution in [0.15, 0.2) is 48.5 Å². The lowest BCUT2D eigenvalue weighted by molar-refractivity contribution is -0.145. The van der Waals surface area contributed by atoms with Crippen molar-refractivity contribution in [1.29, 1.82) is 0 Å². The second-order valence-electron chi connectivity index (χ2n) is 6.82. The van der Waals surface area contributed by atoms with Crippen molar-refractivity contribution < 1.29 is 14.6 Å². The number of benzene rings is 2. The number of ether oxygens (including phenoxy) is 1. The highest BCUT2D eigenvalue weighted by Crippen LogP contribution is 2.32. The van der Waals surface area contributed by atoms with Crippen molar-refractivity contribution in [3.8, 4) is 5.75 Å². The van der Waals surface area contributed by atoms with Gasteiger partial charge in [-0.25, -0.2) is 4.79 Å². The number of carboxylic acid groups (broad SMARTS) is 1. The van der Waals surface area contributed by atoms with Gasteiger partial charge >= 0.3 is 5.97 Å². The molecule has 2 rings (SSSR count). The molecule has 1 unspecified atom stereocenters. The van der Waals surface area contributed by atoms with E-state index in [4.69, 9.17) is 4.74 Å². The first-order valence-electron chi connectivity index (χ1n) is 7.82. The van der Waals surface area contributed by atoms with E-state index in [9.17, 15) is 9.90 Å². The van der Waals surface area contributed by atoms with Gasteiger partial charge in [0.2, 0.25) is 0 Å². The Bertz CT molecular complexity index is 683. The summed E-state index contributed by atoms with van der Waals surface area (Å²) < 4.78 is 5.89. The Morgan fingerprint density at radius 2 is 1.70 bits per heavy atom. The van der Waals surface area contributed by atoms with Crippen molar-refractivity contribution in [2.24, 2.45) is 0 Å². The summed E-state index contributed by atoms with van der Waals surface area (Å²) in [7, 11) is 0. The molecule has 0 aliphatic carbocycles. The highest BCUT2D eigenvalue weighted by Gasteiger charge is 2.25. The molecule has 0 saturated heterocycles. The predicted octanol–water partition coefficient (Wildman–Crippen LogP) is 4.37. The Balaban J connectivity index is 2.28. The normalized spacial score (nSPS) is 12.7. The van der Waals surface area contributed by atoms with E-state index in [1.165, 1.54) is 0 Å². The molecule has 0 heterocycles. The molecule has 0 saturated carbocycles. The molecule has 1 N–H and O–H groups in total. The van der Waals surface area contributed by atoms with Crippen LogP contribution in [0.5, 0.6) is 5.75 Å². The third-order valence-corrected chi connectivity index (χ3v) is 3.91. The highest BCUT2D eigenvalue weighted by molar-refractivity contribution is 5.73. The Morgan fingerprint density at radius 3 is 2.30 bits per heavy atom. The first kappa shape index (κ1) is 17.1. The molecule has 0 spiro atoms. The van der Waals surface area contributed by atoms with Crippen LogP contribution in [-0.2, 0) is 16.6 Å². The van der Waals surface area contributed by atoms with Crippen LogP contribution in [0.3, 0.4) is 0 Å². The van der Waals surface area contributed by atoms with Crippen molar-refractivity contribution >= 4 is 5.97 Å². The summed E-state index contributed by atoms with van der Waals surface area (Å²) in [5.41, 5.74) is 2.97. The van der Waals surface area contributed by atoms with Crippen molar-refractivity contribution in [2.45, 2.75) is 45.6 Å². The summed E-state index contributed by atoms with van der Waals surface area (Å²) in [4.78, 5) is 11.7. The average molecular weight is 312 g/mol. The van der Waals surface area contributed by atoms with E-state index in [2.05, 4.69) is 20.8 Å². The van der Waals surface area contributed by atoms with Gasteiger partial charge in [-0.1, -0.05) is 63.2 Å². The summed E-state index contributed by atoms with van der Waals surface area (Å²) in [5, 5.41) is 9.56.